The second-order valence-corrected chi connectivity index (χ2v) is 7.11. The van der Waals surface area contributed by atoms with Crippen molar-refractivity contribution >= 4 is 5.78 Å². The largest absolute Gasteiger partial charge is 0.396 e. The van der Waals surface area contributed by atoms with Crippen molar-refractivity contribution in [2.45, 2.75) is 50.0 Å². The van der Waals surface area contributed by atoms with Crippen molar-refractivity contribution in [2.24, 2.45) is 10.8 Å². The van der Waals surface area contributed by atoms with Gasteiger partial charge in [0, 0.05) is 5.41 Å². The van der Waals surface area contributed by atoms with Gasteiger partial charge in [-0.15, -0.1) is 0 Å². The summed E-state index contributed by atoms with van der Waals surface area (Å²) < 4.78 is 11.5. The molecule has 2 heterocycles. The number of Topliss-reactive ketones (excluding diaryl/α,β-unsaturated/α-hetero) is 1. The molecule has 1 saturated carbocycles. The maximum atomic E-state index is 12.3. The number of hydrogen-bond acceptors (Lipinski definition) is 7. The minimum atomic E-state index is -1.53. The van der Waals surface area contributed by atoms with Crippen LogP contribution in [0.1, 0.15) is 13.8 Å². The van der Waals surface area contributed by atoms with Crippen LogP contribution in [0.15, 0.2) is 11.6 Å². The summed E-state index contributed by atoms with van der Waals surface area (Å²) in [6.07, 6.45) is -3.96. The van der Waals surface area contributed by atoms with Crippen LogP contribution in [0, 0.1) is 10.8 Å². The van der Waals surface area contributed by atoms with Gasteiger partial charge in [0.2, 0.25) is 0 Å². The van der Waals surface area contributed by atoms with Crippen molar-refractivity contribution in [1.82, 2.24) is 0 Å². The third-order valence-corrected chi connectivity index (χ3v) is 6.58. The van der Waals surface area contributed by atoms with Gasteiger partial charge in [-0.2, -0.15) is 0 Å². The first-order chi connectivity index (χ1) is 10.3. The standard InChI is InChI=1S/C15H20O7/c1-6-3-7-14(4-16,11(20)8(6)17)13(2)10(19)9(18)12(22-7)15(13)5-21-15/h3,7,9-12,16,18-20H,4-5H2,1-2H3/t7-,9-,10-,11-,12-,13-,14-,15+/m1/s1/i1+1,2+1,3+1,4+1,5+1,6+1,7+1,8+1,9+1,10+1,11+1,12+1,13+1,14+1,15+1. The minimum Gasteiger partial charge on any atom is -0.396 e. The van der Waals surface area contributed by atoms with Crippen molar-refractivity contribution in [1.29, 1.82) is 0 Å². The number of aliphatic hydroxyl groups excluding tert-OH is 4. The Morgan fingerprint density at radius 2 is 2.00 bits per heavy atom. The average molecular weight is 327 g/mol. The van der Waals surface area contributed by atoms with E-state index in [0.717, 1.165) is 0 Å². The van der Waals surface area contributed by atoms with Gasteiger partial charge in [-0.3, -0.25) is 4.79 Å². The molecule has 22 heavy (non-hydrogen) atoms. The Labute approximate surface area is 127 Å². The van der Waals surface area contributed by atoms with Gasteiger partial charge in [-0.05, 0) is 18.6 Å². The molecule has 122 valence electrons. The molecule has 2 aliphatic carbocycles. The predicted molar refractivity (Wildman–Crippen MR) is 71.8 cm³/mol. The van der Waals surface area contributed by atoms with E-state index in [4.69, 9.17) is 9.47 Å². The normalized spacial score (nSPS) is 59.5. The molecule has 4 N–H and O–H groups in total. The molecule has 2 bridgehead atoms. The third kappa shape index (κ3) is 1.18. The summed E-state index contributed by atoms with van der Waals surface area (Å²) in [5.74, 6) is -0.502. The Morgan fingerprint density at radius 3 is 2.55 bits per heavy atom. The molecule has 0 amide bonds. The predicted octanol–water partition coefficient (Wildman–Crippen LogP) is -1.87. The zero-order valence-electron chi connectivity index (χ0n) is 12.4. The minimum absolute atomic E-state index is 0.250. The molecule has 8 atom stereocenters. The fourth-order valence-corrected chi connectivity index (χ4v) is 5.03. The molecule has 2 saturated heterocycles. The highest BCUT2D eigenvalue weighted by Gasteiger charge is 2.86. The number of carbonyl (C=O) groups excluding carboxylic acids is 1. The van der Waals surface area contributed by atoms with Crippen molar-refractivity contribution in [3.63, 3.8) is 0 Å². The van der Waals surface area contributed by atoms with E-state index >= 15 is 0 Å². The number of aliphatic hydroxyl groups is 4. The molecule has 0 aromatic rings. The van der Waals surface area contributed by atoms with E-state index < -0.39 is 59.3 Å². The van der Waals surface area contributed by atoms with E-state index in [-0.39, 0.29) is 6.61 Å². The van der Waals surface area contributed by atoms with E-state index in [2.05, 4.69) is 0 Å². The van der Waals surface area contributed by atoms with Crippen LogP contribution in [0.3, 0.4) is 0 Å². The van der Waals surface area contributed by atoms with Gasteiger partial charge in [0.05, 0.1) is 30.8 Å². The molecule has 7 nitrogen and oxygen atoms in total. The summed E-state index contributed by atoms with van der Waals surface area (Å²) in [5, 5.41) is 41.8. The van der Waals surface area contributed by atoms with Gasteiger partial charge in [-0.25, -0.2) is 0 Å². The summed E-state index contributed by atoms with van der Waals surface area (Å²) >= 11 is 0. The summed E-state index contributed by atoms with van der Waals surface area (Å²) in [6, 6.07) is 0. The number of fused-ring (bicyclic) bond motifs is 2. The second kappa shape index (κ2) is 3.98. The molecule has 2 aliphatic heterocycles. The summed E-state index contributed by atoms with van der Waals surface area (Å²) in [4.78, 5) is 12.3. The smallest absolute Gasteiger partial charge is 0.187 e. The maximum Gasteiger partial charge on any atom is 0.187 e. The van der Waals surface area contributed by atoms with Crippen LogP contribution >= 0.6 is 0 Å². The second-order valence-electron chi connectivity index (χ2n) is 7.11. The Kier molecular flexibility index (Phi) is 2.67. The molecule has 4 aliphatic rings. The third-order valence-electron chi connectivity index (χ3n) is 6.58. The van der Waals surface area contributed by atoms with Gasteiger partial charge >= 0.3 is 0 Å². The zero-order valence-corrected chi connectivity index (χ0v) is 12.4. The zero-order chi connectivity index (χ0) is 16.1. The van der Waals surface area contributed by atoms with Gasteiger partial charge < -0.3 is 29.9 Å². The van der Waals surface area contributed by atoms with Gasteiger partial charge in [-0.1, -0.05) is 6.92 Å². The molecule has 0 aromatic heterocycles. The number of hydrogen-bond donors (Lipinski definition) is 4. The molecule has 4 rings (SSSR count). The highest BCUT2D eigenvalue weighted by atomic mass is 16.9. The van der Waals surface area contributed by atoms with Crippen molar-refractivity contribution in [2.75, 3.05) is 13.2 Å². The van der Waals surface area contributed by atoms with Crippen LogP contribution in [-0.2, 0) is 14.3 Å². The SMILES string of the molecule is [13CH3][13C]1=[13CH][13C@H]2O[13C@@H]3[13C@H](O)[13C@@H](O)[13C@]([13CH3])([13C@@]2([13CH2]O)[13C@H](O)[13C]1=O)[13C@]31[13CH2]O1. The van der Waals surface area contributed by atoms with Gasteiger partial charge in [0.1, 0.15) is 23.9 Å². The Morgan fingerprint density at radius 1 is 1.36 bits per heavy atom. The number of epoxide rings is 1. The van der Waals surface area contributed by atoms with Crippen LogP contribution in [0.25, 0.3) is 0 Å². The summed E-state index contributed by atoms with van der Waals surface area (Å²) in [6.45, 7) is 2.92. The number of carbonyl (C=O) groups is 1. The molecule has 1 spiro atoms. The number of ether oxygens (including phenoxy) is 2. The fraction of sp³-hybridized carbons (Fsp3) is 0.800. The van der Waals surface area contributed by atoms with E-state index in [9.17, 15) is 25.2 Å². The quantitative estimate of drug-likeness (QED) is 0.329. The van der Waals surface area contributed by atoms with Crippen LogP contribution in [0.2, 0.25) is 0 Å². The molecule has 0 radical (unpaired) electrons. The summed E-state index contributed by atoms with van der Waals surface area (Å²) in [5.41, 5.74) is -3.28. The first-order valence-electron chi connectivity index (χ1n) is 7.45. The van der Waals surface area contributed by atoms with Crippen molar-refractivity contribution < 1.29 is 34.7 Å². The average Bonchev–Trinajstić information content (AvgIpc) is 3.27. The monoisotopic (exact) mass is 327 g/mol. The Hall–Kier alpha value is -0.830. The molecule has 7 heteroatoms. The first-order valence-corrected chi connectivity index (χ1v) is 7.45. The van der Waals surface area contributed by atoms with Crippen LogP contribution < -0.4 is 0 Å². The lowest BCUT2D eigenvalue weighted by molar-refractivity contribution is -0.253. The molecule has 0 unspecified atom stereocenters. The van der Waals surface area contributed by atoms with Gasteiger partial charge in [0.25, 0.3) is 0 Å². The summed E-state index contributed by atoms with van der Waals surface area (Å²) in [7, 11) is 0. The molecular formula is C15H20O7. The highest BCUT2D eigenvalue weighted by molar-refractivity contribution is 6.00. The lowest BCUT2D eigenvalue weighted by atomic mass is 10.5. The lowest BCUT2D eigenvalue weighted by Gasteiger charge is -2.58. The fourth-order valence-electron chi connectivity index (χ4n) is 5.03. The van der Waals surface area contributed by atoms with Crippen molar-refractivity contribution in [3.05, 3.63) is 11.6 Å². The number of rotatable bonds is 1. The Balaban J connectivity index is 1.98. The topological polar surface area (TPSA) is 120 Å². The van der Waals surface area contributed by atoms with Crippen LogP contribution in [0.5, 0.6) is 0 Å². The first kappa shape index (κ1) is 14.7. The molecule has 3 fully saturated rings. The van der Waals surface area contributed by atoms with Crippen LogP contribution in [-0.4, -0.2) is 75.5 Å². The van der Waals surface area contributed by atoms with Crippen molar-refractivity contribution in [3.8, 4) is 0 Å². The Bertz CT molecular complexity index is 582. The van der Waals surface area contributed by atoms with E-state index in [1.165, 1.54) is 0 Å². The molecular weight excluding hydrogens is 307 g/mol. The maximum absolute atomic E-state index is 12.3. The van der Waals surface area contributed by atoms with E-state index in [1.54, 1.807) is 19.9 Å². The van der Waals surface area contributed by atoms with E-state index in [1.807, 2.05) is 0 Å². The van der Waals surface area contributed by atoms with E-state index in [0.29, 0.717) is 5.57 Å². The lowest BCUT2D eigenvalue weighted by Crippen LogP contribution is -2.72. The van der Waals surface area contributed by atoms with Gasteiger partial charge in [0.15, 0.2) is 5.78 Å². The van der Waals surface area contributed by atoms with Crippen LogP contribution in [0.4, 0.5) is 0 Å². The number of ketones is 1. The molecule has 0 aromatic carbocycles. The highest BCUT2D eigenvalue weighted by Crippen LogP contribution is 2.70.